The van der Waals surface area contributed by atoms with Crippen LogP contribution in [-0.2, 0) is 4.79 Å². The van der Waals surface area contributed by atoms with Crippen molar-refractivity contribution >= 4 is 18.3 Å². The molecule has 1 aliphatic heterocycles. The van der Waals surface area contributed by atoms with E-state index in [0.29, 0.717) is 5.41 Å². The normalized spacial score (nSPS) is 25.5. The minimum Gasteiger partial charge on any atom is -0.341 e. The van der Waals surface area contributed by atoms with Gasteiger partial charge in [-0.25, -0.2) is 0 Å². The number of hydrogen-bond acceptors (Lipinski definition) is 2. The van der Waals surface area contributed by atoms with E-state index in [-0.39, 0.29) is 24.4 Å². The fourth-order valence-corrected chi connectivity index (χ4v) is 2.00. The summed E-state index contributed by atoms with van der Waals surface area (Å²) < 4.78 is 0. The number of halogens is 1. The van der Waals surface area contributed by atoms with Crippen LogP contribution in [0.5, 0.6) is 0 Å². The number of carbonyl (C=O) groups is 1. The number of rotatable bonds is 1. The molecule has 0 radical (unpaired) electrons. The van der Waals surface area contributed by atoms with E-state index in [1.54, 1.807) is 6.92 Å². The molecule has 3 nitrogen and oxygen atoms in total. The second kappa shape index (κ2) is 3.46. The van der Waals surface area contributed by atoms with Crippen LogP contribution in [0.15, 0.2) is 0 Å². The van der Waals surface area contributed by atoms with Crippen molar-refractivity contribution in [2.45, 2.75) is 32.2 Å². The maximum absolute atomic E-state index is 11.5. The highest BCUT2D eigenvalue weighted by Gasteiger charge is 2.48. The lowest BCUT2D eigenvalue weighted by Gasteiger charge is -2.18. The molecule has 1 heterocycles. The van der Waals surface area contributed by atoms with Gasteiger partial charge in [0.2, 0.25) is 5.91 Å². The minimum absolute atomic E-state index is 0. The molecule has 4 heteroatoms. The van der Waals surface area contributed by atoms with E-state index < -0.39 is 0 Å². The molecule has 2 rings (SSSR count). The van der Waals surface area contributed by atoms with E-state index in [4.69, 9.17) is 5.73 Å². The molecule has 76 valence electrons. The number of carbonyl (C=O) groups excluding carboxylic acids is 1. The Morgan fingerprint density at radius 1 is 1.46 bits per heavy atom. The highest BCUT2D eigenvalue weighted by molar-refractivity contribution is 5.85. The molecule has 2 fully saturated rings. The Balaban J connectivity index is 0.000000845. The summed E-state index contributed by atoms with van der Waals surface area (Å²) in [6.07, 6.45) is 3.83. The molecule has 1 spiro atoms. The van der Waals surface area contributed by atoms with Gasteiger partial charge in [0.25, 0.3) is 0 Å². The van der Waals surface area contributed by atoms with Gasteiger partial charge in [0.15, 0.2) is 0 Å². The highest BCUT2D eigenvalue weighted by atomic mass is 35.5. The zero-order valence-electron chi connectivity index (χ0n) is 7.95. The van der Waals surface area contributed by atoms with Crippen LogP contribution in [0, 0.1) is 5.41 Å². The van der Waals surface area contributed by atoms with Crippen molar-refractivity contribution in [3.05, 3.63) is 0 Å². The lowest BCUT2D eigenvalue weighted by molar-refractivity contribution is -0.131. The third-order valence-electron chi connectivity index (χ3n) is 3.10. The predicted molar refractivity (Wildman–Crippen MR) is 53.8 cm³/mol. The summed E-state index contributed by atoms with van der Waals surface area (Å²) in [6, 6.07) is -0.320. The predicted octanol–water partition coefficient (Wildman–Crippen LogP) is 0.768. The Morgan fingerprint density at radius 3 is 2.46 bits per heavy atom. The monoisotopic (exact) mass is 204 g/mol. The molecule has 1 saturated carbocycles. The van der Waals surface area contributed by atoms with Crippen molar-refractivity contribution < 1.29 is 4.79 Å². The first-order chi connectivity index (χ1) is 5.63. The topological polar surface area (TPSA) is 46.3 Å². The van der Waals surface area contributed by atoms with Gasteiger partial charge >= 0.3 is 0 Å². The van der Waals surface area contributed by atoms with E-state index in [9.17, 15) is 4.79 Å². The standard InChI is InChI=1S/C9H16N2O.ClH/c1-7(10)8(12)11-5-4-9(6-11)2-3-9;/h7H,2-6,10H2,1H3;1H/t7-;/m1./s1. The number of nitrogens with zero attached hydrogens (tertiary/aromatic N) is 1. The number of amides is 1. The van der Waals surface area contributed by atoms with Crippen LogP contribution in [0.4, 0.5) is 0 Å². The van der Waals surface area contributed by atoms with E-state index in [2.05, 4.69) is 0 Å². The number of hydrogen-bond donors (Lipinski definition) is 1. The quantitative estimate of drug-likeness (QED) is 0.686. The summed E-state index contributed by atoms with van der Waals surface area (Å²) in [4.78, 5) is 13.4. The van der Waals surface area contributed by atoms with Crippen molar-refractivity contribution in [2.75, 3.05) is 13.1 Å². The van der Waals surface area contributed by atoms with Gasteiger partial charge in [-0.1, -0.05) is 0 Å². The van der Waals surface area contributed by atoms with Crippen molar-refractivity contribution in [3.63, 3.8) is 0 Å². The summed E-state index contributed by atoms with van der Waals surface area (Å²) >= 11 is 0. The molecule has 0 aromatic carbocycles. The number of nitrogens with two attached hydrogens (primary N) is 1. The first kappa shape index (κ1) is 10.8. The Morgan fingerprint density at radius 2 is 2.08 bits per heavy atom. The second-order valence-corrected chi connectivity index (χ2v) is 4.30. The van der Waals surface area contributed by atoms with E-state index >= 15 is 0 Å². The largest absolute Gasteiger partial charge is 0.341 e. The lowest BCUT2D eigenvalue weighted by atomic mass is 10.1. The van der Waals surface area contributed by atoms with Crippen molar-refractivity contribution in [1.29, 1.82) is 0 Å². The summed E-state index contributed by atoms with van der Waals surface area (Å²) in [6.45, 7) is 3.66. The van der Waals surface area contributed by atoms with Crippen LogP contribution in [0.3, 0.4) is 0 Å². The molecule has 2 aliphatic rings. The minimum atomic E-state index is -0.320. The van der Waals surface area contributed by atoms with Crippen molar-refractivity contribution in [3.8, 4) is 0 Å². The lowest BCUT2D eigenvalue weighted by Crippen LogP contribution is -2.40. The van der Waals surface area contributed by atoms with Crippen LogP contribution in [0.2, 0.25) is 0 Å². The van der Waals surface area contributed by atoms with Gasteiger partial charge in [-0.05, 0) is 31.6 Å². The van der Waals surface area contributed by atoms with Gasteiger partial charge in [-0.2, -0.15) is 0 Å². The molecule has 1 saturated heterocycles. The first-order valence-electron chi connectivity index (χ1n) is 4.67. The first-order valence-corrected chi connectivity index (χ1v) is 4.67. The second-order valence-electron chi connectivity index (χ2n) is 4.30. The molecule has 13 heavy (non-hydrogen) atoms. The molecular weight excluding hydrogens is 188 g/mol. The average molecular weight is 205 g/mol. The van der Waals surface area contributed by atoms with Crippen molar-refractivity contribution in [2.24, 2.45) is 11.1 Å². The fourth-order valence-electron chi connectivity index (χ4n) is 2.00. The Hall–Kier alpha value is -0.280. The zero-order chi connectivity index (χ0) is 8.77. The third kappa shape index (κ3) is 1.97. The summed E-state index contributed by atoms with van der Waals surface area (Å²) in [7, 11) is 0. The molecule has 0 aromatic heterocycles. The van der Waals surface area contributed by atoms with Gasteiger partial charge in [-0.3, -0.25) is 4.79 Å². The van der Waals surface area contributed by atoms with Gasteiger partial charge in [0.05, 0.1) is 6.04 Å². The molecule has 0 bridgehead atoms. The Bertz CT molecular complexity index is 214. The molecular formula is C9H17ClN2O. The SMILES string of the molecule is C[C@@H](N)C(=O)N1CCC2(CC2)C1.Cl. The zero-order valence-corrected chi connectivity index (χ0v) is 8.77. The fraction of sp³-hybridized carbons (Fsp3) is 0.889. The maximum atomic E-state index is 11.5. The summed E-state index contributed by atoms with van der Waals surface area (Å²) in [5.41, 5.74) is 6.07. The van der Waals surface area contributed by atoms with Crippen molar-refractivity contribution in [1.82, 2.24) is 4.90 Å². The molecule has 0 unspecified atom stereocenters. The van der Waals surface area contributed by atoms with E-state index in [0.717, 1.165) is 13.1 Å². The van der Waals surface area contributed by atoms with Gasteiger partial charge in [-0.15, -0.1) is 12.4 Å². The van der Waals surface area contributed by atoms with Crippen LogP contribution < -0.4 is 5.73 Å². The Kier molecular flexibility index (Phi) is 2.88. The van der Waals surface area contributed by atoms with Gasteiger partial charge in [0, 0.05) is 13.1 Å². The van der Waals surface area contributed by atoms with Crippen LogP contribution in [-0.4, -0.2) is 29.9 Å². The van der Waals surface area contributed by atoms with E-state index in [1.807, 2.05) is 4.90 Å². The molecule has 1 atom stereocenters. The average Bonchev–Trinajstić information content (AvgIpc) is 2.61. The molecule has 0 aromatic rings. The summed E-state index contributed by atoms with van der Waals surface area (Å²) in [5.74, 6) is 0.124. The highest BCUT2D eigenvalue weighted by Crippen LogP contribution is 2.52. The van der Waals surface area contributed by atoms with E-state index in [1.165, 1.54) is 19.3 Å². The molecule has 2 N–H and O–H groups in total. The van der Waals surface area contributed by atoms with Crippen LogP contribution in [0.1, 0.15) is 26.2 Å². The van der Waals surface area contributed by atoms with Crippen LogP contribution >= 0.6 is 12.4 Å². The van der Waals surface area contributed by atoms with Crippen LogP contribution in [0.25, 0.3) is 0 Å². The Labute approximate surface area is 85.1 Å². The third-order valence-corrected chi connectivity index (χ3v) is 3.10. The molecule has 1 aliphatic carbocycles. The number of likely N-dealkylation sites (tertiary alicyclic amines) is 1. The smallest absolute Gasteiger partial charge is 0.239 e. The maximum Gasteiger partial charge on any atom is 0.239 e. The summed E-state index contributed by atoms with van der Waals surface area (Å²) in [5, 5.41) is 0. The van der Waals surface area contributed by atoms with Gasteiger partial charge in [0.1, 0.15) is 0 Å². The van der Waals surface area contributed by atoms with Gasteiger partial charge < -0.3 is 10.6 Å². The molecule has 1 amide bonds.